The second-order valence-electron chi connectivity index (χ2n) is 9.23. The molecule has 3 aliphatic rings. The van der Waals surface area contributed by atoms with Crippen molar-refractivity contribution in [2.45, 2.75) is 56.0 Å². The molecule has 34 heavy (non-hydrogen) atoms. The zero-order valence-electron chi connectivity index (χ0n) is 18.9. The van der Waals surface area contributed by atoms with Gasteiger partial charge in [0.25, 0.3) is 0 Å². The predicted octanol–water partition coefficient (Wildman–Crippen LogP) is 4.48. The van der Waals surface area contributed by atoms with Crippen LogP contribution in [0.1, 0.15) is 37.3 Å². The Balaban J connectivity index is 1.08. The summed E-state index contributed by atoms with van der Waals surface area (Å²) in [7, 11) is 0. The van der Waals surface area contributed by atoms with Crippen molar-refractivity contribution in [2.24, 2.45) is 0 Å². The van der Waals surface area contributed by atoms with Crippen molar-refractivity contribution in [3.63, 3.8) is 0 Å². The molecule has 0 spiro atoms. The van der Waals surface area contributed by atoms with Gasteiger partial charge < -0.3 is 19.5 Å². The summed E-state index contributed by atoms with van der Waals surface area (Å²) in [4.78, 5) is 21.8. The Morgan fingerprint density at radius 2 is 1.79 bits per heavy atom. The Hall–Kier alpha value is -3.23. The van der Waals surface area contributed by atoms with Gasteiger partial charge in [-0.25, -0.2) is 14.8 Å². The summed E-state index contributed by atoms with van der Waals surface area (Å²) in [6.07, 6.45) is 5.18. The Labute approximate surface area is 198 Å². The number of fused-ring (bicyclic) bond motifs is 2. The zero-order chi connectivity index (χ0) is 22.9. The highest BCUT2D eigenvalue weighted by Gasteiger charge is 2.49. The summed E-state index contributed by atoms with van der Waals surface area (Å²) in [5.74, 6) is 1.12. The number of rotatable bonds is 5. The summed E-state index contributed by atoms with van der Waals surface area (Å²) in [5, 5.41) is 8.26. The van der Waals surface area contributed by atoms with Crippen LogP contribution in [0, 0.1) is 0 Å². The molecular weight excluding hydrogens is 432 g/mol. The maximum Gasteiger partial charge on any atom is 0.412 e. The van der Waals surface area contributed by atoms with E-state index in [1.807, 2.05) is 54.7 Å². The smallest absolute Gasteiger partial charge is 0.412 e. The number of hydrogen-bond acceptors (Lipinski definition) is 7. The van der Waals surface area contributed by atoms with Gasteiger partial charge in [-0.15, -0.1) is 0 Å². The molecular formula is C26H28N4O4. The molecule has 1 aliphatic carbocycles. The maximum atomic E-state index is 12.7. The number of benzene rings is 2. The second-order valence-corrected chi connectivity index (χ2v) is 9.23. The molecule has 0 radical (unpaired) electrons. The van der Waals surface area contributed by atoms with Crippen molar-refractivity contribution in [1.29, 1.82) is 0 Å². The molecule has 2 aliphatic heterocycles. The molecule has 3 heterocycles. The Bertz CT molecular complexity index is 1180. The summed E-state index contributed by atoms with van der Waals surface area (Å²) >= 11 is 0. The van der Waals surface area contributed by atoms with Crippen LogP contribution in [-0.2, 0) is 14.2 Å². The fourth-order valence-corrected chi connectivity index (χ4v) is 5.36. The number of aromatic nitrogens is 2. The van der Waals surface area contributed by atoms with Crippen LogP contribution in [0.25, 0.3) is 10.8 Å². The Morgan fingerprint density at radius 1 is 0.971 bits per heavy atom. The van der Waals surface area contributed by atoms with Crippen molar-refractivity contribution < 1.29 is 19.0 Å². The van der Waals surface area contributed by atoms with E-state index in [2.05, 4.69) is 15.6 Å². The first-order valence-electron chi connectivity index (χ1n) is 12.0. The zero-order valence-corrected chi connectivity index (χ0v) is 18.9. The van der Waals surface area contributed by atoms with E-state index >= 15 is 0 Å². The summed E-state index contributed by atoms with van der Waals surface area (Å²) in [6, 6.07) is 15.6. The van der Waals surface area contributed by atoms with Crippen LogP contribution in [-0.4, -0.2) is 53.6 Å². The maximum absolute atomic E-state index is 12.7. The number of nitrogens with zero attached hydrogens (tertiary/aromatic N) is 2. The van der Waals surface area contributed by atoms with E-state index in [4.69, 9.17) is 19.2 Å². The first kappa shape index (κ1) is 21.3. The summed E-state index contributed by atoms with van der Waals surface area (Å²) in [5.41, 5.74) is 1.81. The molecule has 1 saturated carbocycles. The van der Waals surface area contributed by atoms with Crippen LogP contribution < -0.4 is 10.6 Å². The minimum absolute atomic E-state index is 0.0986. The fraction of sp³-hybridized carbons (Fsp3) is 0.423. The van der Waals surface area contributed by atoms with Gasteiger partial charge in [0, 0.05) is 23.2 Å². The van der Waals surface area contributed by atoms with Crippen LogP contribution in [0.4, 0.5) is 16.4 Å². The third-order valence-corrected chi connectivity index (χ3v) is 7.06. The quantitative estimate of drug-likeness (QED) is 0.580. The van der Waals surface area contributed by atoms with E-state index in [1.54, 1.807) is 0 Å². The molecule has 2 aromatic carbocycles. The van der Waals surface area contributed by atoms with E-state index in [9.17, 15) is 4.79 Å². The molecule has 0 bridgehead atoms. The van der Waals surface area contributed by atoms with E-state index in [1.165, 1.54) is 25.7 Å². The summed E-state index contributed by atoms with van der Waals surface area (Å²) in [6.45, 7) is 0.733. The van der Waals surface area contributed by atoms with Crippen LogP contribution in [0.2, 0.25) is 0 Å². The molecule has 0 unspecified atom stereocenters. The van der Waals surface area contributed by atoms with Gasteiger partial charge in [0.2, 0.25) is 5.95 Å². The molecule has 2 saturated heterocycles. The molecule has 8 heteroatoms. The SMILES string of the molecule is O=C(Nc1cccc2ccccc12)O[C@H]1CO[C@@H]2[C@@H]1OC[C@@H]2Nc1nccc(C2CCCC2)n1. The van der Waals surface area contributed by atoms with Gasteiger partial charge in [0.1, 0.15) is 12.2 Å². The first-order chi connectivity index (χ1) is 16.7. The number of anilines is 2. The van der Waals surface area contributed by atoms with Crippen LogP contribution in [0.3, 0.4) is 0 Å². The standard InChI is InChI=1S/C26H28N4O4/c31-26(30-20-11-5-9-16-6-3-4-10-18(16)20)34-22-15-33-23-21(14-32-24(22)23)29-25-27-13-12-19(28-25)17-7-1-2-8-17/h3-6,9-13,17,21-24H,1-2,7-8,14-15H2,(H,30,31)(H,27,28,29)/t21-,22-,23-,24+/m0/s1. The van der Waals surface area contributed by atoms with Crippen molar-refractivity contribution in [3.8, 4) is 0 Å². The van der Waals surface area contributed by atoms with Crippen LogP contribution in [0.5, 0.6) is 0 Å². The average molecular weight is 461 g/mol. The highest BCUT2D eigenvalue weighted by atomic mass is 16.6. The van der Waals surface area contributed by atoms with E-state index in [0.717, 1.165) is 16.5 Å². The number of amides is 1. The molecule has 8 nitrogen and oxygen atoms in total. The highest BCUT2D eigenvalue weighted by Crippen LogP contribution is 2.34. The lowest BCUT2D eigenvalue weighted by atomic mass is 10.0. The predicted molar refractivity (Wildman–Crippen MR) is 128 cm³/mol. The third kappa shape index (κ3) is 4.19. The number of hydrogen-bond donors (Lipinski definition) is 2. The monoisotopic (exact) mass is 460 g/mol. The molecule has 3 aromatic rings. The van der Waals surface area contributed by atoms with Gasteiger partial charge in [0.05, 0.1) is 24.9 Å². The van der Waals surface area contributed by atoms with Crippen molar-refractivity contribution >= 4 is 28.5 Å². The minimum atomic E-state index is -0.516. The van der Waals surface area contributed by atoms with Crippen molar-refractivity contribution in [3.05, 3.63) is 60.4 Å². The normalized spacial score (nSPS) is 26.5. The third-order valence-electron chi connectivity index (χ3n) is 7.06. The van der Waals surface area contributed by atoms with Crippen LogP contribution >= 0.6 is 0 Å². The van der Waals surface area contributed by atoms with Gasteiger partial charge in [-0.3, -0.25) is 5.32 Å². The largest absolute Gasteiger partial charge is 0.441 e. The molecule has 3 fully saturated rings. The second kappa shape index (κ2) is 9.19. The van der Waals surface area contributed by atoms with Gasteiger partial charge in [-0.1, -0.05) is 49.2 Å². The van der Waals surface area contributed by atoms with Gasteiger partial charge in [-0.2, -0.15) is 0 Å². The van der Waals surface area contributed by atoms with E-state index < -0.39 is 12.2 Å². The van der Waals surface area contributed by atoms with Gasteiger partial charge in [0.15, 0.2) is 6.10 Å². The lowest BCUT2D eigenvalue weighted by Gasteiger charge is -2.18. The van der Waals surface area contributed by atoms with Crippen molar-refractivity contribution in [2.75, 3.05) is 23.8 Å². The Kier molecular flexibility index (Phi) is 5.76. The van der Waals surface area contributed by atoms with Crippen molar-refractivity contribution in [1.82, 2.24) is 9.97 Å². The summed E-state index contributed by atoms with van der Waals surface area (Å²) < 4.78 is 17.7. The number of nitrogens with one attached hydrogen (secondary N) is 2. The van der Waals surface area contributed by atoms with Crippen LogP contribution in [0.15, 0.2) is 54.7 Å². The molecule has 4 atom stereocenters. The molecule has 176 valence electrons. The van der Waals surface area contributed by atoms with Gasteiger partial charge in [-0.05, 0) is 30.4 Å². The first-order valence-corrected chi connectivity index (χ1v) is 12.0. The fourth-order valence-electron chi connectivity index (χ4n) is 5.36. The molecule has 6 rings (SSSR count). The number of carbonyl (C=O) groups excluding carboxylic acids is 1. The van der Waals surface area contributed by atoms with E-state index in [-0.39, 0.29) is 18.2 Å². The highest BCUT2D eigenvalue weighted by molar-refractivity contribution is 6.00. The average Bonchev–Trinajstić information content (AvgIpc) is 3.60. The number of ether oxygens (including phenoxy) is 3. The molecule has 1 aromatic heterocycles. The van der Waals surface area contributed by atoms with E-state index in [0.29, 0.717) is 30.8 Å². The Morgan fingerprint density at radius 3 is 2.71 bits per heavy atom. The lowest BCUT2D eigenvalue weighted by molar-refractivity contribution is 0.00917. The van der Waals surface area contributed by atoms with Gasteiger partial charge >= 0.3 is 6.09 Å². The number of carbonyl (C=O) groups is 1. The lowest BCUT2D eigenvalue weighted by Crippen LogP contribution is -2.38. The topological polar surface area (TPSA) is 94.6 Å². The molecule has 1 amide bonds. The minimum Gasteiger partial charge on any atom is -0.441 e. The molecule has 2 N–H and O–H groups in total.